The van der Waals surface area contributed by atoms with Gasteiger partial charge >= 0.3 is 0 Å². The molecular weight excluding hydrogens is 210 g/mol. The van der Waals surface area contributed by atoms with Crippen molar-refractivity contribution in [2.24, 2.45) is 5.73 Å². The average Bonchev–Trinajstić information content (AvgIpc) is 2.39. The van der Waals surface area contributed by atoms with Gasteiger partial charge < -0.3 is 10.6 Å². The molecule has 0 radical (unpaired) electrons. The van der Waals surface area contributed by atoms with Gasteiger partial charge in [0.15, 0.2) is 0 Å². The SMILES string of the molecule is CCCCCCC(CN)N1CCN(CC)CC1. The van der Waals surface area contributed by atoms with Crippen molar-refractivity contribution in [1.82, 2.24) is 9.80 Å². The highest BCUT2D eigenvalue weighted by molar-refractivity contribution is 4.78. The molecule has 17 heavy (non-hydrogen) atoms. The maximum atomic E-state index is 5.93. The lowest BCUT2D eigenvalue weighted by molar-refractivity contribution is 0.0970. The minimum Gasteiger partial charge on any atom is -0.329 e. The van der Waals surface area contributed by atoms with Crippen molar-refractivity contribution >= 4 is 0 Å². The average molecular weight is 241 g/mol. The van der Waals surface area contributed by atoms with Gasteiger partial charge in [0.05, 0.1) is 0 Å². The molecule has 0 aromatic rings. The number of hydrogen-bond donors (Lipinski definition) is 1. The van der Waals surface area contributed by atoms with E-state index in [4.69, 9.17) is 5.73 Å². The summed E-state index contributed by atoms with van der Waals surface area (Å²) in [6.07, 6.45) is 6.72. The molecule has 0 aromatic carbocycles. The third kappa shape index (κ3) is 5.36. The maximum absolute atomic E-state index is 5.93. The number of nitrogens with two attached hydrogens (primary N) is 1. The molecular formula is C14H31N3. The number of unbranched alkanes of at least 4 members (excludes halogenated alkanes) is 3. The van der Waals surface area contributed by atoms with Gasteiger partial charge in [0.2, 0.25) is 0 Å². The van der Waals surface area contributed by atoms with E-state index >= 15 is 0 Å². The van der Waals surface area contributed by atoms with E-state index in [1.54, 1.807) is 0 Å². The quantitative estimate of drug-likeness (QED) is 0.659. The molecule has 0 saturated carbocycles. The highest BCUT2D eigenvalue weighted by Crippen LogP contribution is 2.12. The van der Waals surface area contributed by atoms with Crippen molar-refractivity contribution in [3.05, 3.63) is 0 Å². The molecule has 3 heteroatoms. The Hall–Kier alpha value is -0.120. The van der Waals surface area contributed by atoms with Crippen LogP contribution in [0.2, 0.25) is 0 Å². The van der Waals surface area contributed by atoms with Crippen LogP contribution in [0.15, 0.2) is 0 Å². The molecule has 1 atom stereocenters. The smallest absolute Gasteiger partial charge is 0.0219 e. The summed E-state index contributed by atoms with van der Waals surface area (Å²) in [5.74, 6) is 0. The Balaban J connectivity index is 2.21. The minimum atomic E-state index is 0.630. The standard InChI is InChI=1S/C14H31N3/c1-3-5-6-7-8-14(13-15)17-11-9-16(4-2)10-12-17/h14H,3-13,15H2,1-2H3. The van der Waals surface area contributed by atoms with Crippen LogP contribution in [0.4, 0.5) is 0 Å². The second-order valence-corrected chi connectivity index (χ2v) is 5.21. The molecule has 1 saturated heterocycles. The summed E-state index contributed by atoms with van der Waals surface area (Å²) < 4.78 is 0. The van der Waals surface area contributed by atoms with Crippen LogP contribution in [-0.2, 0) is 0 Å². The van der Waals surface area contributed by atoms with Crippen LogP contribution >= 0.6 is 0 Å². The van der Waals surface area contributed by atoms with Gasteiger partial charge in [0.1, 0.15) is 0 Å². The van der Waals surface area contributed by atoms with E-state index < -0.39 is 0 Å². The van der Waals surface area contributed by atoms with Crippen molar-refractivity contribution in [3.63, 3.8) is 0 Å². The van der Waals surface area contributed by atoms with Gasteiger partial charge in [-0.1, -0.05) is 39.5 Å². The zero-order valence-corrected chi connectivity index (χ0v) is 11.8. The fraction of sp³-hybridized carbons (Fsp3) is 1.00. The third-order valence-electron chi connectivity index (χ3n) is 4.03. The van der Waals surface area contributed by atoms with E-state index in [1.165, 1.54) is 64.8 Å². The van der Waals surface area contributed by atoms with Gasteiger partial charge in [0, 0.05) is 38.8 Å². The Labute approximate surface area is 107 Å². The molecule has 1 heterocycles. The Morgan fingerprint density at radius 3 is 2.24 bits per heavy atom. The topological polar surface area (TPSA) is 32.5 Å². The van der Waals surface area contributed by atoms with Gasteiger partial charge in [-0.15, -0.1) is 0 Å². The van der Waals surface area contributed by atoms with E-state index in [2.05, 4.69) is 23.6 Å². The van der Waals surface area contributed by atoms with Gasteiger partial charge in [-0.3, -0.25) is 4.90 Å². The lowest BCUT2D eigenvalue weighted by Gasteiger charge is -2.38. The normalized spacial score (nSPS) is 20.6. The lowest BCUT2D eigenvalue weighted by Crippen LogP contribution is -2.52. The molecule has 0 spiro atoms. The zero-order chi connectivity index (χ0) is 12.5. The number of rotatable bonds is 8. The molecule has 102 valence electrons. The van der Waals surface area contributed by atoms with Crippen LogP contribution in [-0.4, -0.2) is 55.1 Å². The van der Waals surface area contributed by atoms with Crippen LogP contribution in [0.1, 0.15) is 46.0 Å². The number of piperazine rings is 1. The first kappa shape index (κ1) is 14.9. The van der Waals surface area contributed by atoms with Gasteiger partial charge in [-0.2, -0.15) is 0 Å². The van der Waals surface area contributed by atoms with E-state index in [0.29, 0.717) is 6.04 Å². The molecule has 2 N–H and O–H groups in total. The largest absolute Gasteiger partial charge is 0.329 e. The monoisotopic (exact) mass is 241 g/mol. The molecule has 1 rings (SSSR count). The minimum absolute atomic E-state index is 0.630. The van der Waals surface area contributed by atoms with Gasteiger partial charge in [0.25, 0.3) is 0 Å². The molecule has 1 aliphatic rings. The Kier molecular flexibility index (Phi) is 7.82. The highest BCUT2D eigenvalue weighted by Gasteiger charge is 2.21. The first-order chi connectivity index (χ1) is 8.31. The molecule has 3 nitrogen and oxygen atoms in total. The van der Waals surface area contributed by atoms with E-state index in [9.17, 15) is 0 Å². The van der Waals surface area contributed by atoms with Crippen LogP contribution < -0.4 is 5.73 Å². The summed E-state index contributed by atoms with van der Waals surface area (Å²) in [5.41, 5.74) is 5.93. The number of nitrogens with zero attached hydrogens (tertiary/aromatic N) is 2. The highest BCUT2D eigenvalue weighted by atomic mass is 15.3. The summed E-state index contributed by atoms with van der Waals surface area (Å²) in [5, 5.41) is 0. The van der Waals surface area contributed by atoms with E-state index in [-0.39, 0.29) is 0 Å². The summed E-state index contributed by atoms with van der Waals surface area (Å²) >= 11 is 0. The van der Waals surface area contributed by atoms with E-state index in [0.717, 1.165) is 6.54 Å². The summed E-state index contributed by atoms with van der Waals surface area (Å²) in [6.45, 7) is 11.4. The first-order valence-electron chi connectivity index (χ1n) is 7.48. The van der Waals surface area contributed by atoms with Gasteiger partial charge in [-0.05, 0) is 13.0 Å². The van der Waals surface area contributed by atoms with Gasteiger partial charge in [-0.25, -0.2) is 0 Å². The predicted molar refractivity (Wildman–Crippen MR) is 75.3 cm³/mol. The second-order valence-electron chi connectivity index (χ2n) is 5.21. The Morgan fingerprint density at radius 1 is 1.00 bits per heavy atom. The predicted octanol–water partition coefficient (Wildman–Crippen LogP) is 1.92. The second kappa shape index (κ2) is 8.90. The lowest BCUT2D eigenvalue weighted by atomic mass is 10.1. The molecule has 0 amide bonds. The fourth-order valence-corrected chi connectivity index (χ4v) is 2.70. The fourth-order valence-electron chi connectivity index (χ4n) is 2.70. The van der Waals surface area contributed by atoms with Crippen LogP contribution in [0.3, 0.4) is 0 Å². The molecule has 1 aliphatic heterocycles. The molecule has 0 bridgehead atoms. The third-order valence-corrected chi connectivity index (χ3v) is 4.03. The molecule has 1 unspecified atom stereocenters. The van der Waals surface area contributed by atoms with Crippen LogP contribution in [0.5, 0.6) is 0 Å². The Bertz CT molecular complexity index is 176. The van der Waals surface area contributed by atoms with Crippen molar-refractivity contribution in [2.45, 2.75) is 52.0 Å². The van der Waals surface area contributed by atoms with Crippen molar-refractivity contribution in [2.75, 3.05) is 39.3 Å². The molecule has 0 aromatic heterocycles. The summed E-state index contributed by atoms with van der Waals surface area (Å²) in [6, 6.07) is 0.630. The summed E-state index contributed by atoms with van der Waals surface area (Å²) in [7, 11) is 0. The maximum Gasteiger partial charge on any atom is 0.0219 e. The van der Waals surface area contributed by atoms with Crippen LogP contribution in [0.25, 0.3) is 0 Å². The molecule has 0 aliphatic carbocycles. The molecule has 1 fully saturated rings. The zero-order valence-electron chi connectivity index (χ0n) is 11.8. The first-order valence-corrected chi connectivity index (χ1v) is 7.48. The number of hydrogen-bond acceptors (Lipinski definition) is 3. The van der Waals surface area contributed by atoms with Crippen LogP contribution in [0, 0.1) is 0 Å². The summed E-state index contributed by atoms with van der Waals surface area (Å²) in [4.78, 5) is 5.14. The number of likely N-dealkylation sites (N-methyl/N-ethyl adjacent to an activating group) is 1. The van der Waals surface area contributed by atoms with Crippen molar-refractivity contribution in [1.29, 1.82) is 0 Å². The Morgan fingerprint density at radius 2 is 1.71 bits per heavy atom. The van der Waals surface area contributed by atoms with E-state index in [1.807, 2.05) is 0 Å². The van der Waals surface area contributed by atoms with Crippen molar-refractivity contribution < 1.29 is 0 Å². The van der Waals surface area contributed by atoms with Crippen molar-refractivity contribution in [3.8, 4) is 0 Å².